The molecule has 1 aliphatic heterocycles. The fraction of sp³-hybridized carbons (Fsp3) is 0.192. The third kappa shape index (κ3) is 3.97. The van der Waals surface area contributed by atoms with Crippen molar-refractivity contribution in [3.05, 3.63) is 100 Å². The Morgan fingerprint density at radius 1 is 1.03 bits per heavy atom. The van der Waals surface area contributed by atoms with Crippen LogP contribution in [0.5, 0.6) is 5.75 Å². The number of hydrogen-bond acceptors (Lipinski definition) is 4. The molecular formula is C26H23ClN2O3. The van der Waals surface area contributed by atoms with Crippen LogP contribution in [-0.2, 0) is 22.6 Å². The van der Waals surface area contributed by atoms with Gasteiger partial charge in [-0.1, -0.05) is 54.1 Å². The molecule has 1 aliphatic rings. The summed E-state index contributed by atoms with van der Waals surface area (Å²) in [6, 6.07) is 23.2. The maximum Gasteiger partial charge on any atom is 0.323 e. The van der Waals surface area contributed by atoms with E-state index >= 15 is 0 Å². The zero-order valence-corrected chi connectivity index (χ0v) is 18.4. The van der Waals surface area contributed by atoms with Gasteiger partial charge in [-0.05, 0) is 47.0 Å². The van der Waals surface area contributed by atoms with Crippen LogP contribution in [0.25, 0.3) is 10.9 Å². The molecule has 5 rings (SSSR count). The highest BCUT2D eigenvalue weighted by atomic mass is 35.5. The van der Waals surface area contributed by atoms with Crippen LogP contribution in [0.2, 0.25) is 5.02 Å². The second-order valence-corrected chi connectivity index (χ2v) is 8.36. The van der Waals surface area contributed by atoms with Gasteiger partial charge in [-0.2, -0.15) is 0 Å². The third-order valence-corrected chi connectivity index (χ3v) is 6.18. The maximum atomic E-state index is 12.4. The summed E-state index contributed by atoms with van der Waals surface area (Å²) in [7, 11) is 1.43. The molecule has 1 aromatic heterocycles. The monoisotopic (exact) mass is 446 g/mol. The van der Waals surface area contributed by atoms with Crippen LogP contribution >= 0.6 is 11.6 Å². The van der Waals surface area contributed by atoms with Crippen LogP contribution in [0, 0.1) is 0 Å². The van der Waals surface area contributed by atoms with Crippen LogP contribution in [0.3, 0.4) is 0 Å². The number of aromatic amines is 1. The van der Waals surface area contributed by atoms with E-state index in [9.17, 15) is 4.79 Å². The summed E-state index contributed by atoms with van der Waals surface area (Å²) in [6.45, 7) is 0.467. The molecule has 2 N–H and O–H groups in total. The van der Waals surface area contributed by atoms with E-state index in [4.69, 9.17) is 21.1 Å². The molecule has 0 radical (unpaired) electrons. The van der Waals surface area contributed by atoms with Gasteiger partial charge in [-0.25, -0.2) is 0 Å². The molecule has 5 nitrogen and oxygen atoms in total. The molecule has 6 heteroatoms. The van der Waals surface area contributed by atoms with Crippen LogP contribution in [-0.4, -0.2) is 24.1 Å². The number of carbonyl (C=O) groups excluding carboxylic acids is 1. The molecule has 0 saturated heterocycles. The number of H-pyrrole nitrogens is 1. The number of carbonyl (C=O) groups is 1. The Balaban J connectivity index is 1.41. The molecule has 0 saturated carbocycles. The van der Waals surface area contributed by atoms with E-state index in [0.717, 1.165) is 39.0 Å². The topological polar surface area (TPSA) is 63.4 Å². The predicted molar refractivity (Wildman–Crippen MR) is 125 cm³/mol. The fourth-order valence-electron chi connectivity index (χ4n) is 4.30. The zero-order chi connectivity index (χ0) is 22.1. The SMILES string of the molecule is COC(=O)C1Cc2c([nH]c3ccccc23)C(c2ccc(OCc3ccc(Cl)cc3)cc2)N1. The predicted octanol–water partition coefficient (Wildman–Crippen LogP) is 5.18. The number of para-hydroxylation sites is 1. The number of hydrogen-bond donors (Lipinski definition) is 2. The van der Waals surface area contributed by atoms with Crippen molar-refractivity contribution >= 4 is 28.5 Å². The third-order valence-electron chi connectivity index (χ3n) is 5.93. The van der Waals surface area contributed by atoms with E-state index < -0.39 is 6.04 Å². The summed E-state index contributed by atoms with van der Waals surface area (Å²) in [6.07, 6.45) is 0.588. The highest BCUT2D eigenvalue weighted by Crippen LogP contribution is 2.35. The summed E-state index contributed by atoms with van der Waals surface area (Å²) in [4.78, 5) is 15.9. The van der Waals surface area contributed by atoms with Gasteiger partial charge < -0.3 is 14.5 Å². The van der Waals surface area contributed by atoms with Gasteiger partial charge in [0.25, 0.3) is 0 Å². The minimum absolute atomic E-state index is 0.152. The van der Waals surface area contributed by atoms with Crippen LogP contribution in [0.1, 0.15) is 28.4 Å². The van der Waals surface area contributed by atoms with Crippen LogP contribution in [0.15, 0.2) is 72.8 Å². The Morgan fingerprint density at radius 3 is 2.53 bits per heavy atom. The number of nitrogens with one attached hydrogen (secondary N) is 2. The maximum absolute atomic E-state index is 12.4. The fourth-order valence-corrected chi connectivity index (χ4v) is 4.42. The van der Waals surface area contributed by atoms with Crippen LogP contribution < -0.4 is 10.1 Å². The Bertz CT molecular complexity index is 1250. The number of esters is 1. The van der Waals surface area contributed by atoms with Gasteiger partial charge in [0.2, 0.25) is 0 Å². The van der Waals surface area contributed by atoms with Crippen molar-refractivity contribution in [3.63, 3.8) is 0 Å². The molecule has 4 aromatic rings. The second-order valence-electron chi connectivity index (χ2n) is 7.93. The quantitative estimate of drug-likeness (QED) is 0.415. The van der Waals surface area contributed by atoms with E-state index in [0.29, 0.717) is 18.1 Å². The molecule has 32 heavy (non-hydrogen) atoms. The van der Waals surface area contributed by atoms with Crippen LogP contribution in [0.4, 0.5) is 0 Å². The minimum Gasteiger partial charge on any atom is -0.489 e. The van der Waals surface area contributed by atoms with Crippen molar-refractivity contribution in [1.29, 1.82) is 0 Å². The van der Waals surface area contributed by atoms with Crippen molar-refractivity contribution in [2.45, 2.75) is 25.1 Å². The average Bonchev–Trinajstić information content (AvgIpc) is 3.22. The normalized spacial score (nSPS) is 17.7. The van der Waals surface area contributed by atoms with E-state index in [1.807, 2.05) is 60.7 Å². The summed E-state index contributed by atoms with van der Waals surface area (Å²) in [5.74, 6) is 0.523. The Hall–Kier alpha value is -3.28. The van der Waals surface area contributed by atoms with Gasteiger partial charge in [-0.3, -0.25) is 10.1 Å². The minimum atomic E-state index is -0.405. The Morgan fingerprint density at radius 2 is 1.78 bits per heavy atom. The first-order chi connectivity index (χ1) is 15.6. The molecule has 2 heterocycles. The molecule has 2 atom stereocenters. The lowest BCUT2D eigenvalue weighted by Gasteiger charge is -2.30. The lowest BCUT2D eigenvalue weighted by Crippen LogP contribution is -2.45. The van der Waals surface area contributed by atoms with Gasteiger partial charge in [0.15, 0.2) is 0 Å². The van der Waals surface area contributed by atoms with Gasteiger partial charge in [0, 0.05) is 28.0 Å². The second kappa shape index (κ2) is 8.69. The van der Waals surface area contributed by atoms with E-state index in [1.54, 1.807) is 0 Å². The molecule has 3 aromatic carbocycles. The lowest BCUT2D eigenvalue weighted by atomic mass is 9.90. The van der Waals surface area contributed by atoms with Crippen molar-refractivity contribution in [2.24, 2.45) is 0 Å². The highest BCUT2D eigenvalue weighted by Gasteiger charge is 2.34. The van der Waals surface area contributed by atoms with Crippen molar-refractivity contribution in [1.82, 2.24) is 10.3 Å². The van der Waals surface area contributed by atoms with E-state index in [2.05, 4.69) is 22.4 Å². The Labute approximate surface area is 191 Å². The molecule has 0 bridgehead atoms. The number of halogens is 1. The summed E-state index contributed by atoms with van der Waals surface area (Å²) in [5.41, 5.74) is 5.41. The molecule has 162 valence electrons. The largest absolute Gasteiger partial charge is 0.489 e. The van der Waals surface area contributed by atoms with Gasteiger partial charge in [0.1, 0.15) is 18.4 Å². The van der Waals surface area contributed by atoms with Gasteiger partial charge >= 0.3 is 5.97 Å². The van der Waals surface area contributed by atoms with E-state index in [-0.39, 0.29) is 12.0 Å². The summed E-state index contributed by atoms with van der Waals surface area (Å²) < 4.78 is 11.0. The smallest absolute Gasteiger partial charge is 0.323 e. The number of benzene rings is 3. The van der Waals surface area contributed by atoms with Crippen molar-refractivity contribution in [3.8, 4) is 5.75 Å². The molecule has 0 aliphatic carbocycles. The number of fused-ring (bicyclic) bond motifs is 3. The molecule has 2 unspecified atom stereocenters. The first kappa shape index (κ1) is 20.6. The van der Waals surface area contributed by atoms with Crippen molar-refractivity contribution < 1.29 is 14.3 Å². The molecule has 0 amide bonds. The lowest BCUT2D eigenvalue weighted by molar-refractivity contribution is -0.143. The van der Waals surface area contributed by atoms with E-state index in [1.165, 1.54) is 7.11 Å². The first-order valence-electron chi connectivity index (χ1n) is 10.5. The van der Waals surface area contributed by atoms with Crippen molar-refractivity contribution in [2.75, 3.05) is 7.11 Å². The summed E-state index contributed by atoms with van der Waals surface area (Å²) >= 11 is 5.94. The van der Waals surface area contributed by atoms with Gasteiger partial charge in [-0.15, -0.1) is 0 Å². The number of rotatable bonds is 5. The first-order valence-corrected chi connectivity index (χ1v) is 10.9. The number of ether oxygens (including phenoxy) is 2. The molecule has 0 spiro atoms. The Kier molecular flexibility index (Phi) is 5.60. The number of aromatic nitrogens is 1. The zero-order valence-electron chi connectivity index (χ0n) is 17.6. The highest BCUT2D eigenvalue weighted by molar-refractivity contribution is 6.30. The average molecular weight is 447 g/mol. The van der Waals surface area contributed by atoms with Gasteiger partial charge in [0.05, 0.1) is 13.2 Å². The number of methoxy groups -OCH3 is 1. The molecule has 0 fully saturated rings. The molecular weight excluding hydrogens is 424 g/mol. The standard InChI is InChI=1S/C26H23ClN2O3/c1-31-26(30)23-14-21-20-4-2-3-5-22(20)28-25(21)24(29-23)17-8-12-19(13-9-17)32-15-16-6-10-18(27)11-7-16/h2-13,23-24,28-29H,14-15H2,1H3. The summed E-state index contributed by atoms with van der Waals surface area (Å²) in [5, 5.41) is 5.31.